The average molecular weight is 242 g/mol. The highest BCUT2D eigenvalue weighted by Crippen LogP contribution is 2.35. The van der Waals surface area contributed by atoms with Crippen molar-refractivity contribution in [2.24, 2.45) is 11.1 Å². The Bertz CT molecular complexity index is 300. The average Bonchev–Trinajstić information content (AvgIpc) is 2.28. The molecule has 3 N–H and O–H groups in total. The van der Waals surface area contributed by atoms with Crippen molar-refractivity contribution in [3.05, 3.63) is 0 Å². The fourth-order valence-electron chi connectivity index (χ4n) is 2.57. The largest absolute Gasteiger partial charge is 0.481 e. The molecule has 0 radical (unpaired) electrons. The van der Waals surface area contributed by atoms with Crippen LogP contribution in [0.15, 0.2) is 0 Å². The molecule has 1 heterocycles. The van der Waals surface area contributed by atoms with E-state index in [0.29, 0.717) is 25.9 Å². The Hall–Kier alpha value is -1.10. The van der Waals surface area contributed by atoms with Gasteiger partial charge in [0.2, 0.25) is 5.91 Å². The highest BCUT2D eigenvalue weighted by Gasteiger charge is 2.43. The van der Waals surface area contributed by atoms with Gasteiger partial charge in [-0.2, -0.15) is 0 Å². The van der Waals surface area contributed by atoms with Gasteiger partial charge in [-0.25, -0.2) is 0 Å². The molecular weight excluding hydrogens is 220 g/mol. The minimum absolute atomic E-state index is 0.147. The van der Waals surface area contributed by atoms with Gasteiger partial charge < -0.3 is 15.7 Å². The lowest BCUT2D eigenvalue weighted by Crippen LogP contribution is -2.53. The SMILES string of the molecule is CCCC1(C(=O)O)CCCN(C(=O)[C@@H](C)N)C1. The molecule has 0 bridgehead atoms. The van der Waals surface area contributed by atoms with Crippen LogP contribution in [0.3, 0.4) is 0 Å². The first kappa shape index (κ1) is 14.0. The third-order valence-electron chi connectivity index (χ3n) is 3.46. The number of hydrogen-bond acceptors (Lipinski definition) is 3. The summed E-state index contributed by atoms with van der Waals surface area (Å²) in [7, 11) is 0. The summed E-state index contributed by atoms with van der Waals surface area (Å²) in [5.41, 5.74) is 4.80. The third kappa shape index (κ3) is 2.97. The second-order valence-corrected chi connectivity index (χ2v) is 4.99. The van der Waals surface area contributed by atoms with Gasteiger partial charge in [-0.3, -0.25) is 9.59 Å². The van der Waals surface area contributed by atoms with E-state index in [1.54, 1.807) is 11.8 Å². The molecule has 0 aromatic carbocycles. The van der Waals surface area contributed by atoms with Crippen LogP contribution in [0.2, 0.25) is 0 Å². The third-order valence-corrected chi connectivity index (χ3v) is 3.46. The van der Waals surface area contributed by atoms with E-state index in [2.05, 4.69) is 0 Å². The Morgan fingerprint density at radius 1 is 1.53 bits per heavy atom. The maximum Gasteiger partial charge on any atom is 0.311 e. The van der Waals surface area contributed by atoms with Gasteiger partial charge in [0.1, 0.15) is 0 Å². The van der Waals surface area contributed by atoms with Crippen LogP contribution in [0.1, 0.15) is 39.5 Å². The summed E-state index contributed by atoms with van der Waals surface area (Å²) in [6.07, 6.45) is 2.82. The number of piperidine rings is 1. The van der Waals surface area contributed by atoms with Gasteiger partial charge in [0.05, 0.1) is 11.5 Å². The van der Waals surface area contributed by atoms with Gasteiger partial charge in [-0.1, -0.05) is 13.3 Å². The summed E-state index contributed by atoms with van der Waals surface area (Å²) in [4.78, 5) is 24.9. The molecule has 98 valence electrons. The summed E-state index contributed by atoms with van der Waals surface area (Å²) in [6.45, 7) is 4.53. The predicted octanol–water partition coefficient (Wildman–Crippen LogP) is 0.827. The Morgan fingerprint density at radius 3 is 2.65 bits per heavy atom. The van der Waals surface area contributed by atoms with Gasteiger partial charge in [-0.15, -0.1) is 0 Å². The first-order chi connectivity index (χ1) is 7.93. The van der Waals surface area contributed by atoms with E-state index < -0.39 is 17.4 Å². The van der Waals surface area contributed by atoms with Crippen LogP contribution in [-0.2, 0) is 9.59 Å². The molecule has 1 amide bonds. The van der Waals surface area contributed by atoms with E-state index in [4.69, 9.17) is 5.73 Å². The zero-order valence-electron chi connectivity index (χ0n) is 10.6. The van der Waals surface area contributed by atoms with Crippen LogP contribution in [0.5, 0.6) is 0 Å². The number of hydrogen-bond donors (Lipinski definition) is 2. The summed E-state index contributed by atoms with van der Waals surface area (Å²) in [5, 5.41) is 9.39. The Labute approximate surface area is 102 Å². The fraction of sp³-hybridized carbons (Fsp3) is 0.833. The molecule has 1 unspecified atom stereocenters. The lowest BCUT2D eigenvalue weighted by atomic mass is 9.76. The van der Waals surface area contributed by atoms with Crippen LogP contribution >= 0.6 is 0 Å². The first-order valence-corrected chi connectivity index (χ1v) is 6.21. The molecule has 5 nitrogen and oxygen atoms in total. The fourth-order valence-corrected chi connectivity index (χ4v) is 2.57. The summed E-state index contributed by atoms with van der Waals surface area (Å²) >= 11 is 0. The van der Waals surface area contributed by atoms with Crippen LogP contribution in [0.25, 0.3) is 0 Å². The molecule has 1 aliphatic rings. The molecule has 0 aliphatic carbocycles. The Balaban J connectivity index is 2.82. The molecule has 1 saturated heterocycles. The van der Waals surface area contributed by atoms with E-state index in [1.165, 1.54) is 0 Å². The molecular formula is C12H22N2O3. The van der Waals surface area contributed by atoms with Crippen LogP contribution in [0, 0.1) is 5.41 Å². The minimum atomic E-state index is -0.790. The molecule has 0 saturated carbocycles. The van der Waals surface area contributed by atoms with Crippen molar-refractivity contribution >= 4 is 11.9 Å². The smallest absolute Gasteiger partial charge is 0.311 e. The number of amides is 1. The molecule has 0 aromatic rings. The predicted molar refractivity (Wildman–Crippen MR) is 64.4 cm³/mol. The van der Waals surface area contributed by atoms with Crippen molar-refractivity contribution in [3.63, 3.8) is 0 Å². The van der Waals surface area contributed by atoms with Crippen LogP contribution < -0.4 is 5.73 Å². The van der Waals surface area contributed by atoms with Crippen LogP contribution in [-0.4, -0.2) is 41.0 Å². The number of nitrogens with zero attached hydrogens (tertiary/aromatic N) is 1. The summed E-state index contributed by atoms with van der Waals surface area (Å²) < 4.78 is 0. The first-order valence-electron chi connectivity index (χ1n) is 6.21. The van der Waals surface area contributed by atoms with E-state index in [-0.39, 0.29) is 5.91 Å². The topological polar surface area (TPSA) is 83.6 Å². The van der Waals surface area contributed by atoms with Crippen molar-refractivity contribution in [2.75, 3.05) is 13.1 Å². The molecule has 17 heavy (non-hydrogen) atoms. The van der Waals surface area contributed by atoms with Crippen molar-refractivity contribution in [3.8, 4) is 0 Å². The number of carboxylic acid groups (broad SMARTS) is 1. The normalized spacial score (nSPS) is 26.6. The lowest BCUT2D eigenvalue weighted by Gasteiger charge is -2.40. The van der Waals surface area contributed by atoms with Gasteiger partial charge in [0.15, 0.2) is 0 Å². The highest BCUT2D eigenvalue weighted by molar-refractivity contribution is 5.83. The number of carbonyl (C=O) groups excluding carboxylic acids is 1. The maximum absolute atomic E-state index is 11.8. The molecule has 5 heteroatoms. The van der Waals surface area contributed by atoms with E-state index in [0.717, 1.165) is 12.8 Å². The maximum atomic E-state index is 11.8. The van der Waals surface area contributed by atoms with Gasteiger partial charge in [0, 0.05) is 13.1 Å². The zero-order valence-corrected chi connectivity index (χ0v) is 10.6. The minimum Gasteiger partial charge on any atom is -0.481 e. The summed E-state index contributed by atoms with van der Waals surface area (Å²) in [5.74, 6) is -0.937. The lowest BCUT2D eigenvalue weighted by molar-refractivity contribution is -0.155. The summed E-state index contributed by atoms with van der Waals surface area (Å²) in [6, 6.07) is -0.554. The zero-order chi connectivity index (χ0) is 13.1. The quantitative estimate of drug-likeness (QED) is 0.764. The number of nitrogens with two attached hydrogens (primary N) is 1. The number of likely N-dealkylation sites (tertiary alicyclic amines) is 1. The van der Waals surface area contributed by atoms with Gasteiger partial charge >= 0.3 is 5.97 Å². The highest BCUT2D eigenvalue weighted by atomic mass is 16.4. The monoisotopic (exact) mass is 242 g/mol. The van der Waals surface area contributed by atoms with Crippen molar-refractivity contribution in [2.45, 2.75) is 45.6 Å². The number of aliphatic carboxylic acids is 1. The van der Waals surface area contributed by atoms with Crippen molar-refractivity contribution in [1.82, 2.24) is 4.90 Å². The number of rotatable bonds is 4. The Kier molecular flexibility index (Phi) is 4.51. The van der Waals surface area contributed by atoms with Crippen molar-refractivity contribution < 1.29 is 14.7 Å². The molecule has 2 atom stereocenters. The second kappa shape index (κ2) is 5.49. The standard InChI is InChI=1S/C12H22N2O3/c1-3-5-12(11(16)17)6-4-7-14(8-12)10(15)9(2)13/h9H,3-8,13H2,1-2H3,(H,16,17)/t9-,12?/m1/s1. The number of carboxylic acids is 1. The Morgan fingerprint density at radius 2 is 2.18 bits per heavy atom. The second-order valence-electron chi connectivity index (χ2n) is 4.99. The molecule has 0 spiro atoms. The van der Waals surface area contributed by atoms with Gasteiger partial charge in [0.25, 0.3) is 0 Å². The number of carbonyl (C=O) groups is 2. The molecule has 1 fully saturated rings. The van der Waals surface area contributed by atoms with Crippen LogP contribution in [0.4, 0.5) is 0 Å². The van der Waals surface area contributed by atoms with E-state index >= 15 is 0 Å². The van der Waals surface area contributed by atoms with Gasteiger partial charge in [-0.05, 0) is 26.2 Å². The molecule has 0 aromatic heterocycles. The van der Waals surface area contributed by atoms with E-state index in [1.807, 2.05) is 6.92 Å². The van der Waals surface area contributed by atoms with E-state index in [9.17, 15) is 14.7 Å². The van der Waals surface area contributed by atoms with Crippen molar-refractivity contribution in [1.29, 1.82) is 0 Å². The molecule has 1 rings (SSSR count). The molecule has 1 aliphatic heterocycles.